The predicted octanol–water partition coefficient (Wildman–Crippen LogP) is 3.62. The Kier molecular flexibility index (Phi) is 4.54. The summed E-state index contributed by atoms with van der Waals surface area (Å²) in [6, 6.07) is 8.73. The van der Waals surface area contributed by atoms with Crippen LogP contribution in [0.3, 0.4) is 0 Å². The first-order chi connectivity index (χ1) is 9.77. The lowest BCUT2D eigenvalue weighted by Gasteiger charge is -2.17. The van der Waals surface area contributed by atoms with Gasteiger partial charge in [0.05, 0.1) is 10.6 Å². The molecule has 1 atom stereocenters. The SMILES string of the molecule is Cc1cnc(Cl)c(NC(C)c2ccc(S(C)(=O)=O)cc2)c1. The van der Waals surface area contributed by atoms with Crippen LogP contribution in [0, 0.1) is 6.92 Å². The van der Waals surface area contributed by atoms with Gasteiger partial charge in [0.15, 0.2) is 15.0 Å². The largest absolute Gasteiger partial charge is 0.376 e. The number of aryl methyl sites for hydroxylation is 1. The van der Waals surface area contributed by atoms with Crippen molar-refractivity contribution in [2.45, 2.75) is 24.8 Å². The third kappa shape index (κ3) is 3.95. The van der Waals surface area contributed by atoms with E-state index in [-0.39, 0.29) is 6.04 Å². The summed E-state index contributed by atoms with van der Waals surface area (Å²) < 4.78 is 22.9. The van der Waals surface area contributed by atoms with Crippen LogP contribution in [0.4, 0.5) is 5.69 Å². The lowest BCUT2D eigenvalue weighted by molar-refractivity contribution is 0.602. The van der Waals surface area contributed by atoms with Crippen LogP contribution in [0.2, 0.25) is 5.15 Å². The van der Waals surface area contributed by atoms with E-state index >= 15 is 0 Å². The van der Waals surface area contributed by atoms with Crippen LogP contribution in [-0.4, -0.2) is 19.7 Å². The molecule has 2 aromatic rings. The second-order valence-electron chi connectivity index (χ2n) is 5.06. The molecule has 1 heterocycles. The Morgan fingerprint density at radius 3 is 2.43 bits per heavy atom. The third-order valence-corrected chi connectivity index (χ3v) is 4.59. The van der Waals surface area contributed by atoms with Crippen LogP contribution in [0.5, 0.6) is 0 Å². The van der Waals surface area contributed by atoms with Crippen LogP contribution < -0.4 is 5.32 Å². The smallest absolute Gasteiger partial charge is 0.175 e. The van der Waals surface area contributed by atoms with Crippen molar-refractivity contribution in [1.29, 1.82) is 0 Å². The molecule has 0 saturated carbocycles. The molecule has 0 spiro atoms. The van der Waals surface area contributed by atoms with Crippen molar-refractivity contribution in [1.82, 2.24) is 4.98 Å². The normalized spacial score (nSPS) is 13.0. The van der Waals surface area contributed by atoms with Crippen molar-refractivity contribution in [3.8, 4) is 0 Å². The van der Waals surface area contributed by atoms with Crippen LogP contribution in [-0.2, 0) is 9.84 Å². The van der Waals surface area contributed by atoms with Crippen molar-refractivity contribution in [2.75, 3.05) is 11.6 Å². The molecule has 0 fully saturated rings. The quantitative estimate of drug-likeness (QED) is 0.873. The van der Waals surface area contributed by atoms with Gasteiger partial charge < -0.3 is 5.32 Å². The summed E-state index contributed by atoms with van der Waals surface area (Å²) in [6.45, 7) is 3.92. The maximum atomic E-state index is 11.4. The minimum Gasteiger partial charge on any atom is -0.376 e. The van der Waals surface area contributed by atoms with Crippen molar-refractivity contribution in [3.63, 3.8) is 0 Å². The molecular formula is C15H17ClN2O2S. The molecular weight excluding hydrogens is 308 g/mol. The molecule has 4 nitrogen and oxygen atoms in total. The molecule has 1 aromatic heterocycles. The van der Waals surface area contributed by atoms with Gasteiger partial charge in [-0.15, -0.1) is 0 Å². The summed E-state index contributed by atoms with van der Waals surface area (Å²) in [7, 11) is -3.17. The fourth-order valence-electron chi connectivity index (χ4n) is 1.97. The number of nitrogens with one attached hydrogen (secondary N) is 1. The summed E-state index contributed by atoms with van der Waals surface area (Å²) in [4.78, 5) is 4.41. The lowest BCUT2D eigenvalue weighted by atomic mass is 10.1. The Morgan fingerprint density at radius 2 is 1.86 bits per heavy atom. The Bertz CT molecular complexity index is 743. The van der Waals surface area contributed by atoms with E-state index in [2.05, 4.69) is 10.3 Å². The molecule has 112 valence electrons. The van der Waals surface area contributed by atoms with Gasteiger partial charge in [0.1, 0.15) is 0 Å². The van der Waals surface area contributed by atoms with Crippen LogP contribution in [0.15, 0.2) is 41.4 Å². The molecule has 0 amide bonds. The van der Waals surface area contributed by atoms with E-state index in [4.69, 9.17) is 11.6 Å². The van der Waals surface area contributed by atoms with Crippen molar-refractivity contribution in [2.24, 2.45) is 0 Å². The third-order valence-electron chi connectivity index (χ3n) is 3.16. The van der Waals surface area contributed by atoms with Gasteiger partial charge in [0.25, 0.3) is 0 Å². The topological polar surface area (TPSA) is 59.1 Å². The molecule has 0 radical (unpaired) electrons. The molecule has 0 aliphatic heterocycles. The van der Waals surface area contributed by atoms with Gasteiger partial charge in [-0.2, -0.15) is 0 Å². The van der Waals surface area contributed by atoms with Gasteiger partial charge in [0.2, 0.25) is 0 Å². The van der Waals surface area contributed by atoms with Crippen LogP contribution in [0.25, 0.3) is 0 Å². The van der Waals surface area contributed by atoms with E-state index < -0.39 is 9.84 Å². The van der Waals surface area contributed by atoms with Gasteiger partial charge in [-0.05, 0) is 43.2 Å². The van der Waals surface area contributed by atoms with Gasteiger partial charge >= 0.3 is 0 Å². The highest BCUT2D eigenvalue weighted by Crippen LogP contribution is 2.25. The van der Waals surface area contributed by atoms with Crippen LogP contribution in [0.1, 0.15) is 24.1 Å². The fraction of sp³-hybridized carbons (Fsp3) is 0.267. The number of aromatic nitrogens is 1. The summed E-state index contributed by atoms with van der Waals surface area (Å²) in [5.41, 5.74) is 2.75. The van der Waals surface area contributed by atoms with Crippen molar-refractivity contribution in [3.05, 3.63) is 52.8 Å². The first-order valence-corrected chi connectivity index (χ1v) is 8.73. The number of hydrogen-bond acceptors (Lipinski definition) is 4. The minimum atomic E-state index is -3.17. The average molecular weight is 325 g/mol. The zero-order valence-corrected chi connectivity index (χ0v) is 13.7. The number of rotatable bonds is 4. The number of sulfone groups is 1. The lowest BCUT2D eigenvalue weighted by Crippen LogP contribution is -2.08. The Labute approximate surface area is 130 Å². The molecule has 0 bridgehead atoms. The maximum absolute atomic E-state index is 11.4. The molecule has 0 aliphatic rings. The zero-order chi connectivity index (χ0) is 15.6. The fourth-order valence-corrected chi connectivity index (χ4v) is 2.76. The standard InChI is InChI=1S/C15H17ClN2O2S/c1-10-8-14(15(16)17-9-10)18-11(2)12-4-6-13(7-5-12)21(3,19)20/h4-9,11,18H,1-3H3. The minimum absolute atomic E-state index is 0.0142. The second-order valence-corrected chi connectivity index (χ2v) is 7.43. The van der Waals surface area contributed by atoms with Gasteiger partial charge in [-0.25, -0.2) is 13.4 Å². The van der Waals surface area contributed by atoms with Gasteiger partial charge in [-0.3, -0.25) is 0 Å². The van der Waals surface area contributed by atoms with Crippen molar-refractivity contribution >= 4 is 27.1 Å². The molecule has 0 saturated heterocycles. The number of benzene rings is 1. The predicted molar refractivity (Wildman–Crippen MR) is 85.6 cm³/mol. The molecule has 6 heteroatoms. The van der Waals surface area contributed by atoms with Gasteiger partial charge in [-0.1, -0.05) is 23.7 Å². The van der Waals surface area contributed by atoms with E-state index in [1.807, 2.05) is 19.9 Å². The van der Waals surface area contributed by atoms with E-state index in [0.29, 0.717) is 10.0 Å². The summed E-state index contributed by atoms with van der Waals surface area (Å²) in [5.74, 6) is 0. The highest BCUT2D eigenvalue weighted by atomic mass is 35.5. The first kappa shape index (κ1) is 15.8. The van der Waals surface area contributed by atoms with Crippen LogP contribution >= 0.6 is 11.6 Å². The number of halogens is 1. The zero-order valence-electron chi connectivity index (χ0n) is 12.1. The summed E-state index contributed by atoms with van der Waals surface area (Å²) in [6.07, 6.45) is 2.90. The second kappa shape index (κ2) is 6.03. The van der Waals surface area contributed by atoms with Crippen molar-refractivity contribution < 1.29 is 8.42 Å². The Balaban J connectivity index is 2.20. The molecule has 1 aromatic carbocycles. The number of anilines is 1. The summed E-state index contributed by atoms with van der Waals surface area (Å²) in [5, 5.41) is 3.70. The summed E-state index contributed by atoms with van der Waals surface area (Å²) >= 11 is 6.06. The Morgan fingerprint density at radius 1 is 1.24 bits per heavy atom. The average Bonchev–Trinajstić information content (AvgIpc) is 2.42. The van der Waals surface area contributed by atoms with E-state index in [0.717, 1.165) is 16.8 Å². The number of hydrogen-bond donors (Lipinski definition) is 1. The maximum Gasteiger partial charge on any atom is 0.175 e. The number of pyridine rings is 1. The van der Waals surface area contributed by atoms with Gasteiger partial charge in [0, 0.05) is 18.5 Å². The van der Waals surface area contributed by atoms with E-state index in [1.54, 1.807) is 30.5 Å². The van der Waals surface area contributed by atoms with E-state index in [9.17, 15) is 8.42 Å². The highest BCUT2D eigenvalue weighted by molar-refractivity contribution is 7.90. The van der Waals surface area contributed by atoms with E-state index in [1.165, 1.54) is 6.26 Å². The highest BCUT2D eigenvalue weighted by Gasteiger charge is 2.11. The molecule has 2 rings (SSSR count). The molecule has 1 unspecified atom stereocenters. The Hall–Kier alpha value is -1.59. The first-order valence-electron chi connectivity index (χ1n) is 6.46. The number of nitrogens with zero attached hydrogens (tertiary/aromatic N) is 1. The monoisotopic (exact) mass is 324 g/mol. The molecule has 0 aliphatic carbocycles. The molecule has 1 N–H and O–H groups in total. The molecule has 21 heavy (non-hydrogen) atoms.